The summed E-state index contributed by atoms with van der Waals surface area (Å²) in [6.45, 7) is 5.31. The van der Waals surface area contributed by atoms with Crippen molar-refractivity contribution in [1.29, 1.82) is 0 Å². The maximum Gasteiger partial charge on any atom is 0.229 e. The minimum atomic E-state index is -0.197. The quantitative estimate of drug-likeness (QED) is 0.742. The van der Waals surface area contributed by atoms with Crippen molar-refractivity contribution in [2.75, 3.05) is 26.2 Å². The van der Waals surface area contributed by atoms with E-state index in [2.05, 4.69) is 18.2 Å². The van der Waals surface area contributed by atoms with Crippen LogP contribution < -0.4 is 5.32 Å². The van der Waals surface area contributed by atoms with Gasteiger partial charge in [-0.15, -0.1) is 6.42 Å². The van der Waals surface area contributed by atoms with Gasteiger partial charge in [0, 0.05) is 12.0 Å². The number of rotatable bonds is 4. The first-order valence-electron chi connectivity index (χ1n) is 6.59. The predicted molar refractivity (Wildman–Crippen MR) is 68.3 cm³/mol. The van der Waals surface area contributed by atoms with E-state index in [4.69, 9.17) is 6.42 Å². The molecule has 1 aliphatic carbocycles. The number of hydrogen-bond acceptors (Lipinski definition) is 2. The highest BCUT2D eigenvalue weighted by Gasteiger charge is 2.38. The van der Waals surface area contributed by atoms with E-state index < -0.39 is 0 Å². The Bertz CT molecular complexity index is 322. The van der Waals surface area contributed by atoms with Gasteiger partial charge >= 0.3 is 0 Å². The van der Waals surface area contributed by atoms with Crippen molar-refractivity contribution in [2.45, 2.75) is 32.6 Å². The zero-order valence-electron chi connectivity index (χ0n) is 10.7. The number of nitrogens with zero attached hydrogens (tertiary/aromatic N) is 1. The third-order valence-electron chi connectivity index (χ3n) is 3.97. The van der Waals surface area contributed by atoms with E-state index in [9.17, 15) is 4.79 Å². The normalized spacial score (nSPS) is 22.8. The fourth-order valence-electron chi connectivity index (χ4n) is 2.52. The van der Waals surface area contributed by atoms with Crippen LogP contribution in [0, 0.1) is 23.7 Å². The molecule has 2 rings (SSSR count). The van der Waals surface area contributed by atoms with Gasteiger partial charge < -0.3 is 10.2 Å². The summed E-state index contributed by atoms with van der Waals surface area (Å²) in [6, 6.07) is 0. The van der Waals surface area contributed by atoms with Gasteiger partial charge in [0.05, 0.1) is 6.54 Å². The van der Waals surface area contributed by atoms with Gasteiger partial charge in [-0.2, -0.15) is 0 Å². The van der Waals surface area contributed by atoms with Gasteiger partial charge in [0.2, 0.25) is 5.91 Å². The van der Waals surface area contributed by atoms with E-state index >= 15 is 0 Å². The largest absolute Gasteiger partial charge is 0.331 e. The smallest absolute Gasteiger partial charge is 0.229 e. The molecule has 1 aliphatic heterocycles. The van der Waals surface area contributed by atoms with Crippen LogP contribution in [-0.2, 0) is 4.79 Å². The monoisotopic (exact) mass is 234 g/mol. The summed E-state index contributed by atoms with van der Waals surface area (Å²) in [6.07, 6.45) is 9.75. The van der Waals surface area contributed by atoms with Crippen LogP contribution in [0.3, 0.4) is 0 Å². The number of carbonyl (C=O) groups excluding carboxylic acids is 1. The highest BCUT2D eigenvalue weighted by molar-refractivity contribution is 5.82. The predicted octanol–water partition coefficient (Wildman–Crippen LogP) is 1.25. The van der Waals surface area contributed by atoms with Gasteiger partial charge in [0.25, 0.3) is 0 Å². The molecule has 0 radical (unpaired) electrons. The van der Waals surface area contributed by atoms with Gasteiger partial charge in [-0.25, -0.2) is 0 Å². The first-order valence-corrected chi connectivity index (χ1v) is 6.59. The van der Waals surface area contributed by atoms with Crippen molar-refractivity contribution in [3.05, 3.63) is 0 Å². The third-order valence-corrected chi connectivity index (χ3v) is 3.97. The molecule has 0 unspecified atom stereocenters. The van der Waals surface area contributed by atoms with Gasteiger partial charge in [0.1, 0.15) is 0 Å². The van der Waals surface area contributed by atoms with Crippen LogP contribution in [0.15, 0.2) is 0 Å². The molecule has 2 fully saturated rings. The van der Waals surface area contributed by atoms with E-state index in [1.165, 1.54) is 12.8 Å². The molecule has 1 heterocycles. The van der Waals surface area contributed by atoms with Crippen LogP contribution >= 0.6 is 0 Å². The Labute approximate surface area is 104 Å². The average Bonchev–Trinajstić information content (AvgIpc) is 3.12. The van der Waals surface area contributed by atoms with Crippen molar-refractivity contribution in [2.24, 2.45) is 11.3 Å². The lowest BCUT2D eigenvalue weighted by Gasteiger charge is -2.37. The topological polar surface area (TPSA) is 32.3 Å². The Balaban J connectivity index is 2.00. The lowest BCUT2D eigenvalue weighted by atomic mass is 9.79. The fraction of sp³-hybridized carbons (Fsp3) is 0.786. The second-order valence-electron chi connectivity index (χ2n) is 5.64. The van der Waals surface area contributed by atoms with Crippen molar-refractivity contribution < 1.29 is 4.79 Å². The first-order chi connectivity index (χ1) is 8.15. The van der Waals surface area contributed by atoms with Crippen molar-refractivity contribution in [3.63, 3.8) is 0 Å². The molecule has 0 atom stereocenters. The summed E-state index contributed by atoms with van der Waals surface area (Å²) in [7, 11) is 0. The molecule has 94 valence electrons. The molecule has 2 aliphatic rings. The average molecular weight is 234 g/mol. The van der Waals surface area contributed by atoms with Crippen molar-refractivity contribution in [3.8, 4) is 12.3 Å². The summed E-state index contributed by atoms with van der Waals surface area (Å²) in [5.41, 5.74) is -0.197. The molecule has 1 saturated carbocycles. The molecule has 0 spiro atoms. The van der Waals surface area contributed by atoms with E-state index in [1.54, 1.807) is 0 Å². The summed E-state index contributed by atoms with van der Waals surface area (Å²) >= 11 is 0. The van der Waals surface area contributed by atoms with Crippen LogP contribution in [0.5, 0.6) is 0 Å². The molecule has 1 saturated heterocycles. The summed E-state index contributed by atoms with van der Waals surface area (Å²) in [5, 5.41) is 3.31. The molecule has 0 aromatic rings. The van der Waals surface area contributed by atoms with Crippen molar-refractivity contribution in [1.82, 2.24) is 10.2 Å². The van der Waals surface area contributed by atoms with Crippen LogP contribution in [0.25, 0.3) is 0 Å². The molecular weight excluding hydrogens is 212 g/mol. The minimum absolute atomic E-state index is 0.197. The van der Waals surface area contributed by atoms with Crippen LogP contribution in [-0.4, -0.2) is 37.0 Å². The van der Waals surface area contributed by atoms with Gasteiger partial charge in [0.15, 0.2) is 0 Å². The lowest BCUT2D eigenvalue weighted by molar-refractivity contribution is -0.142. The number of amides is 1. The van der Waals surface area contributed by atoms with E-state index in [0.717, 1.165) is 32.5 Å². The molecule has 17 heavy (non-hydrogen) atoms. The molecule has 0 bridgehead atoms. The molecule has 1 amide bonds. The Morgan fingerprint density at radius 1 is 1.47 bits per heavy atom. The van der Waals surface area contributed by atoms with Crippen LogP contribution in [0.4, 0.5) is 0 Å². The SMILES string of the molecule is C#CCN(CC1CC1)C(=O)C1(C)CCNCC1. The number of terminal acetylenes is 1. The van der Waals surface area contributed by atoms with E-state index in [0.29, 0.717) is 12.5 Å². The maximum absolute atomic E-state index is 12.6. The molecule has 0 aromatic carbocycles. The summed E-state index contributed by atoms with van der Waals surface area (Å²) in [5.74, 6) is 3.60. The first kappa shape index (κ1) is 12.4. The third kappa shape index (κ3) is 3.01. The summed E-state index contributed by atoms with van der Waals surface area (Å²) < 4.78 is 0. The highest BCUT2D eigenvalue weighted by atomic mass is 16.2. The van der Waals surface area contributed by atoms with Gasteiger partial charge in [-0.1, -0.05) is 12.8 Å². The standard InChI is InChI=1S/C14H22N2O/c1-3-10-16(11-12-4-5-12)13(17)14(2)6-8-15-9-7-14/h1,12,15H,4-11H2,2H3. The zero-order valence-corrected chi connectivity index (χ0v) is 10.7. The summed E-state index contributed by atoms with van der Waals surface area (Å²) in [4.78, 5) is 14.5. The maximum atomic E-state index is 12.6. The van der Waals surface area contributed by atoms with Crippen molar-refractivity contribution >= 4 is 5.91 Å². The molecule has 3 nitrogen and oxygen atoms in total. The molecular formula is C14H22N2O. The Kier molecular flexibility index (Phi) is 3.73. The van der Waals surface area contributed by atoms with E-state index in [-0.39, 0.29) is 11.3 Å². The second-order valence-corrected chi connectivity index (χ2v) is 5.64. The Morgan fingerprint density at radius 2 is 2.12 bits per heavy atom. The second kappa shape index (κ2) is 5.10. The lowest BCUT2D eigenvalue weighted by Crippen LogP contribution is -2.48. The fourth-order valence-corrected chi connectivity index (χ4v) is 2.52. The minimum Gasteiger partial charge on any atom is -0.331 e. The van der Waals surface area contributed by atoms with E-state index in [1.807, 2.05) is 4.90 Å². The number of hydrogen-bond donors (Lipinski definition) is 1. The molecule has 3 heteroatoms. The molecule has 0 aromatic heterocycles. The van der Waals surface area contributed by atoms with Gasteiger partial charge in [-0.05, 0) is 44.7 Å². The number of piperidine rings is 1. The van der Waals surface area contributed by atoms with Crippen LogP contribution in [0.2, 0.25) is 0 Å². The Morgan fingerprint density at radius 3 is 2.65 bits per heavy atom. The van der Waals surface area contributed by atoms with Crippen LogP contribution in [0.1, 0.15) is 32.6 Å². The zero-order chi connectivity index (χ0) is 12.3. The number of carbonyl (C=O) groups is 1. The number of nitrogens with one attached hydrogen (secondary N) is 1. The Hall–Kier alpha value is -1.01. The van der Waals surface area contributed by atoms with Gasteiger partial charge in [-0.3, -0.25) is 4.79 Å². The molecule has 1 N–H and O–H groups in total. The highest BCUT2D eigenvalue weighted by Crippen LogP contribution is 2.34.